The quantitative estimate of drug-likeness (QED) is 0.408. The number of benzene rings is 3. The summed E-state index contributed by atoms with van der Waals surface area (Å²) in [4.78, 5) is 12.5. The molecule has 0 radical (unpaired) electrons. The number of rotatable bonds is 9. The molecular weight excluding hydrogens is 441 g/mol. The number of hydrogen-bond acceptors (Lipinski definition) is 5. The van der Waals surface area contributed by atoms with Crippen LogP contribution in [0.3, 0.4) is 0 Å². The number of ether oxygens (including phenoxy) is 3. The topological polar surface area (TPSA) is 77.0 Å². The molecule has 0 aliphatic carbocycles. The van der Waals surface area contributed by atoms with Gasteiger partial charge in [0.2, 0.25) is 0 Å². The van der Waals surface area contributed by atoms with Crippen LogP contribution in [0.15, 0.2) is 60.7 Å². The van der Waals surface area contributed by atoms with Gasteiger partial charge in [0, 0.05) is 23.9 Å². The largest absolute Gasteiger partial charge is 0.507 e. The van der Waals surface area contributed by atoms with Crippen molar-refractivity contribution < 1.29 is 24.1 Å². The van der Waals surface area contributed by atoms with Gasteiger partial charge in [-0.05, 0) is 48.0 Å². The van der Waals surface area contributed by atoms with Crippen LogP contribution in [0.4, 0.5) is 5.69 Å². The second-order valence-corrected chi connectivity index (χ2v) is 7.38. The number of carbonyl (C=O) groups excluding carboxylic acids is 1. The van der Waals surface area contributed by atoms with Crippen molar-refractivity contribution in [1.82, 2.24) is 0 Å². The van der Waals surface area contributed by atoms with E-state index in [9.17, 15) is 9.90 Å². The molecule has 0 spiro atoms. The van der Waals surface area contributed by atoms with Gasteiger partial charge in [0.25, 0.3) is 5.91 Å². The number of nitrogens with one attached hydrogen (secondary N) is 1. The third kappa shape index (κ3) is 6.52. The van der Waals surface area contributed by atoms with Crippen molar-refractivity contribution in [2.45, 2.75) is 6.61 Å². The minimum absolute atomic E-state index is 0.108. The lowest BCUT2D eigenvalue weighted by atomic mass is 10.1. The molecule has 0 aliphatic heterocycles. The second kappa shape index (κ2) is 10.9. The number of halogens is 2. The minimum Gasteiger partial charge on any atom is -0.507 e. The number of phenols is 1. The average molecular weight is 462 g/mol. The zero-order valence-corrected chi connectivity index (χ0v) is 18.2. The van der Waals surface area contributed by atoms with Crippen LogP contribution in [0.5, 0.6) is 17.2 Å². The molecule has 6 nitrogen and oxygen atoms in total. The number of phenolic OH excluding ortho intramolecular Hbond substituents is 1. The lowest BCUT2D eigenvalue weighted by Gasteiger charge is -2.12. The molecule has 0 atom stereocenters. The molecular formula is C23H21Cl2NO5. The monoisotopic (exact) mass is 461 g/mol. The molecule has 0 saturated heterocycles. The number of methoxy groups -OCH3 is 1. The first-order valence-electron chi connectivity index (χ1n) is 9.39. The zero-order valence-electron chi connectivity index (χ0n) is 16.7. The van der Waals surface area contributed by atoms with Crippen LogP contribution in [-0.4, -0.2) is 31.3 Å². The predicted molar refractivity (Wildman–Crippen MR) is 121 cm³/mol. The van der Waals surface area contributed by atoms with Crippen molar-refractivity contribution in [3.05, 3.63) is 81.8 Å². The van der Waals surface area contributed by atoms with Crippen molar-refractivity contribution in [3.8, 4) is 17.2 Å². The van der Waals surface area contributed by atoms with Crippen LogP contribution >= 0.6 is 23.2 Å². The zero-order chi connectivity index (χ0) is 22.2. The minimum atomic E-state index is -0.482. The summed E-state index contributed by atoms with van der Waals surface area (Å²) < 4.78 is 16.1. The fourth-order valence-electron chi connectivity index (χ4n) is 2.72. The Labute approximate surface area is 190 Å². The molecule has 8 heteroatoms. The first-order valence-corrected chi connectivity index (χ1v) is 10.1. The smallest absolute Gasteiger partial charge is 0.259 e. The van der Waals surface area contributed by atoms with Crippen LogP contribution < -0.4 is 14.8 Å². The maximum Gasteiger partial charge on any atom is 0.259 e. The Balaban J connectivity index is 1.62. The molecule has 31 heavy (non-hydrogen) atoms. The fourth-order valence-corrected chi connectivity index (χ4v) is 3.17. The van der Waals surface area contributed by atoms with Crippen molar-refractivity contribution in [2.75, 3.05) is 25.6 Å². The molecule has 0 heterocycles. The van der Waals surface area contributed by atoms with Gasteiger partial charge < -0.3 is 24.6 Å². The highest BCUT2D eigenvalue weighted by molar-refractivity contribution is 6.32. The maximum absolute atomic E-state index is 12.5. The fraction of sp³-hybridized carbons (Fsp3) is 0.174. The number of hydrogen-bond donors (Lipinski definition) is 2. The van der Waals surface area contributed by atoms with E-state index < -0.39 is 5.91 Å². The first kappa shape index (κ1) is 22.7. The summed E-state index contributed by atoms with van der Waals surface area (Å²) in [6, 6.07) is 16.7. The third-order valence-electron chi connectivity index (χ3n) is 4.24. The number of aromatic hydroxyl groups is 1. The van der Waals surface area contributed by atoms with Gasteiger partial charge in [-0.1, -0.05) is 35.3 Å². The Morgan fingerprint density at radius 1 is 1.00 bits per heavy atom. The van der Waals surface area contributed by atoms with Gasteiger partial charge in [0.1, 0.15) is 30.5 Å². The standard InChI is InChI=1S/C23H21Cl2NO5/c1-29-9-10-30-18-6-7-19(21(27)13-18)23(28)26-17-5-8-22(20(25)12-17)31-14-15-3-2-4-16(24)11-15/h2-8,11-13,27H,9-10,14H2,1H3,(H,26,28). The summed E-state index contributed by atoms with van der Waals surface area (Å²) in [6.45, 7) is 1.06. The Morgan fingerprint density at radius 3 is 2.55 bits per heavy atom. The van der Waals surface area contributed by atoms with E-state index in [-0.39, 0.29) is 11.3 Å². The van der Waals surface area contributed by atoms with Crippen LogP contribution in [-0.2, 0) is 11.3 Å². The van der Waals surface area contributed by atoms with Gasteiger partial charge in [-0.15, -0.1) is 0 Å². The van der Waals surface area contributed by atoms with E-state index in [0.717, 1.165) is 5.56 Å². The predicted octanol–water partition coefficient (Wildman–Crippen LogP) is 5.56. The van der Waals surface area contributed by atoms with Crippen molar-refractivity contribution in [2.24, 2.45) is 0 Å². The van der Waals surface area contributed by atoms with E-state index in [1.807, 2.05) is 18.2 Å². The normalized spacial score (nSPS) is 10.5. The molecule has 0 fully saturated rings. The number of anilines is 1. The van der Waals surface area contributed by atoms with Crippen LogP contribution in [0.1, 0.15) is 15.9 Å². The summed E-state index contributed by atoms with van der Waals surface area (Å²) in [5.74, 6) is 0.236. The molecule has 162 valence electrons. The van der Waals surface area contributed by atoms with Gasteiger partial charge in [-0.3, -0.25) is 4.79 Å². The summed E-state index contributed by atoms with van der Waals surface area (Å²) in [6.07, 6.45) is 0. The molecule has 2 N–H and O–H groups in total. The number of amides is 1. The van der Waals surface area contributed by atoms with Gasteiger partial charge >= 0.3 is 0 Å². The van der Waals surface area contributed by atoms with Crippen molar-refractivity contribution >= 4 is 34.8 Å². The van der Waals surface area contributed by atoms with E-state index in [4.69, 9.17) is 37.4 Å². The van der Waals surface area contributed by atoms with E-state index in [1.54, 1.807) is 37.4 Å². The lowest BCUT2D eigenvalue weighted by molar-refractivity contribution is 0.102. The molecule has 3 aromatic carbocycles. The van der Waals surface area contributed by atoms with Crippen LogP contribution in [0.25, 0.3) is 0 Å². The molecule has 1 amide bonds. The summed E-state index contributed by atoms with van der Waals surface area (Å²) in [5.41, 5.74) is 1.48. The van der Waals surface area contributed by atoms with E-state index in [1.165, 1.54) is 12.1 Å². The van der Waals surface area contributed by atoms with Crippen molar-refractivity contribution in [3.63, 3.8) is 0 Å². The molecule has 0 aromatic heterocycles. The Hall–Kier alpha value is -2.93. The SMILES string of the molecule is COCCOc1ccc(C(=O)Nc2ccc(OCc3cccc(Cl)c3)c(Cl)c2)c(O)c1. The molecule has 0 aliphatic rings. The summed E-state index contributed by atoms with van der Waals surface area (Å²) >= 11 is 12.3. The molecule has 3 rings (SSSR count). The lowest BCUT2D eigenvalue weighted by Crippen LogP contribution is -2.12. The Bertz CT molecular complexity index is 1060. The summed E-state index contributed by atoms with van der Waals surface area (Å²) in [7, 11) is 1.57. The van der Waals surface area contributed by atoms with Crippen molar-refractivity contribution in [1.29, 1.82) is 0 Å². The van der Waals surface area contributed by atoms with Gasteiger partial charge in [-0.25, -0.2) is 0 Å². The third-order valence-corrected chi connectivity index (χ3v) is 4.77. The molecule has 0 saturated carbocycles. The second-order valence-electron chi connectivity index (χ2n) is 6.54. The van der Waals surface area contributed by atoms with Crippen LogP contribution in [0, 0.1) is 0 Å². The van der Waals surface area contributed by atoms with Gasteiger partial charge in [0.05, 0.1) is 17.2 Å². The van der Waals surface area contributed by atoms with Crippen LogP contribution in [0.2, 0.25) is 10.0 Å². The average Bonchev–Trinajstić information content (AvgIpc) is 2.73. The number of carbonyl (C=O) groups is 1. The Kier molecular flexibility index (Phi) is 8.00. The van der Waals surface area contributed by atoms with E-state index in [2.05, 4.69) is 5.32 Å². The molecule has 3 aromatic rings. The van der Waals surface area contributed by atoms with E-state index >= 15 is 0 Å². The Morgan fingerprint density at radius 2 is 1.84 bits per heavy atom. The summed E-state index contributed by atoms with van der Waals surface area (Å²) in [5, 5.41) is 13.8. The van der Waals surface area contributed by atoms with Gasteiger partial charge in [0.15, 0.2) is 0 Å². The highest BCUT2D eigenvalue weighted by Crippen LogP contribution is 2.30. The van der Waals surface area contributed by atoms with E-state index in [0.29, 0.717) is 47.1 Å². The maximum atomic E-state index is 12.5. The highest BCUT2D eigenvalue weighted by Gasteiger charge is 2.14. The first-order chi connectivity index (χ1) is 15.0. The molecule has 0 unspecified atom stereocenters. The molecule has 0 bridgehead atoms. The highest BCUT2D eigenvalue weighted by atomic mass is 35.5. The van der Waals surface area contributed by atoms with Gasteiger partial charge in [-0.2, -0.15) is 0 Å².